The van der Waals surface area contributed by atoms with Gasteiger partial charge in [-0.05, 0) is 11.6 Å². The van der Waals surface area contributed by atoms with Crippen LogP contribution < -0.4 is 11.1 Å². The zero-order chi connectivity index (χ0) is 16.5. The van der Waals surface area contributed by atoms with E-state index in [9.17, 15) is 4.79 Å². The third-order valence-corrected chi connectivity index (χ3v) is 2.93. The Labute approximate surface area is 139 Å². The monoisotopic (exact) mass is 330 g/mol. The summed E-state index contributed by atoms with van der Waals surface area (Å²) in [6.45, 7) is 0.600. The molecule has 0 bridgehead atoms. The number of hydrogen-bond acceptors (Lipinski definition) is 5. The van der Waals surface area contributed by atoms with Gasteiger partial charge in [0.2, 0.25) is 0 Å². The number of anilines is 1. The molecular weight excluding hydrogens is 316 g/mol. The van der Waals surface area contributed by atoms with Crippen LogP contribution in [0.3, 0.4) is 0 Å². The van der Waals surface area contributed by atoms with Crippen molar-refractivity contribution in [2.75, 3.05) is 12.3 Å². The summed E-state index contributed by atoms with van der Waals surface area (Å²) in [5.41, 5.74) is 7.06. The van der Waals surface area contributed by atoms with Crippen molar-refractivity contribution in [2.24, 2.45) is 0 Å². The summed E-state index contributed by atoms with van der Waals surface area (Å²) in [6, 6.07) is 11.0. The third kappa shape index (κ3) is 5.85. The van der Waals surface area contributed by atoms with Gasteiger partial charge in [0.15, 0.2) is 11.0 Å². The van der Waals surface area contributed by atoms with E-state index in [4.69, 9.17) is 22.1 Å². The van der Waals surface area contributed by atoms with Crippen molar-refractivity contribution in [1.29, 1.82) is 0 Å². The molecule has 118 valence electrons. The zero-order valence-corrected chi connectivity index (χ0v) is 13.0. The molecule has 3 N–H and O–H groups in total. The van der Waals surface area contributed by atoms with Crippen molar-refractivity contribution >= 4 is 23.5 Å². The highest BCUT2D eigenvalue weighted by molar-refractivity contribution is 6.29. The minimum atomic E-state index is -0.483. The molecule has 0 unspecified atom stereocenters. The molecule has 0 spiro atoms. The first-order valence-corrected chi connectivity index (χ1v) is 7.25. The van der Waals surface area contributed by atoms with E-state index < -0.39 is 6.09 Å². The Hall–Kier alpha value is -2.78. The molecule has 0 radical (unpaired) electrons. The van der Waals surface area contributed by atoms with Crippen molar-refractivity contribution in [3.63, 3.8) is 0 Å². The lowest BCUT2D eigenvalue weighted by Gasteiger charge is -2.05. The van der Waals surface area contributed by atoms with Crippen LogP contribution in [0.2, 0.25) is 5.15 Å². The van der Waals surface area contributed by atoms with Crippen molar-refractivity contribution in [1.82, 2.24) is 15.5 Å². The molecule has 0 aliphatic heterocycles. The normalized spacial score (nSPS) is 9.61. The van der Waals surface area contributed by atoms with Crippen LogP contribution in [0.15, 0.2) is 36.4 Å². The number of hydrogen-bond donors (Lipinski definition) is 2. The van der Waals surface area contributed by atoms with Gasteiger partial charge in [0.05, 0.1) is 5.56 Å². The molecule has 1 heterocycles. The molecule has 1 aromatic heterocycles. The molecule has 6 nitrogen and oxygen atoms in total. The van der Waals surface area contributed by atoms with Crippen molar-refractivity contribution in [3.05, 3.63) is 52.7 Å². The van der Waals surface area contributed by atoms with Gasteiger partial charge in [-0.3, -0.25) is 0 Å². The fraction of sp³-hybridized carbons (Fsp3) is 0.188. The van der Waals surface area contributed by atoms with Crippen LogP contribution in [0.5, 0.6) is 0 Å². The number of ether oxygens (including phenoxy) is 1. The largest absolute Gasteiger partial charge is 0.445 e. The van der Waals surface area contributed by atoms with E-state index >= 15 is 0 Å². The second kappa shape index (κ2) is 8.61. The van der Waals surface area contributed by atoms with Crippen LogP contribution in [-0.4, -0.2) is 22.8 Å². The zero-order valence-electron chi connectivity index (χ0n) is 12.3. The average Bonchev–Trinajstić information content (AvgIpc) is 2.56. The van der Waals surface area contributed by atoms with Gasteiger partial charge in [-0.1, -0.05) is 53.8 Å². The highest BCUT2D eigenvalue weighted by Gasteiger charge is 2.01. The van der Waals surface area contributed by atoms with Crippen LogP contribution in [0.1, 0.15) is 17.5 Å². The Bertz CT molecular complexity index is 726. The van der Waals surface area contributed by atoms with E-state index in [0.29, 0.717) is 18.5 Å². The number of aromatic nitrogens is 2. The first-order valence-electron chi connectivity index (χ1n) is 6.87. The van der Waals surface area contributed by atoms with E-state index in [-0.39, 0.29) is 17.6 Å². The lowest BCUT2D eigenvalue weighted by molar-refractivity contribution is 0.140. The SMILES string of the molecule is Nc1nnc(Cl)cc1C#CCCNC(=O)OCc1ccccc1. The standard InChI is InChI=1S/C16H15ClN4O2/c17-14-10-13(15(18)21-20-14)8-4-5-9-19-16(22)23-11-12-6-2-1-3-7-12/h1-3,6-7,10H,5,9,11H2,(H2,18,21)(H,19,22). The summed E-state index contributed by atoms with van der Waals surface area (Å²) in [7, 11) is 0. The van der Waals surface area contributed by atoms with Gasteiger partial charge in [0, 0.05) is 13.0 Å². The number of alkyl carbamates (subject to hydrolysis) is 1. The summed E-state index contributed by atoms with van der Waals surface area (Å²) in [5.74, 6) is 5.92. The summed E-state index contributed by atoms with van der Waals surface area (Å²) in [6.07, 6.45) is -0.0383. The first-order chi connectivity index (χ1) is 11.1. The quantitative estimate of drug-likeness (QED) is 0.663. The van der Waals surface area contributed by atoms with Crippen LogP contribution in [0, 0.1) is 11.8 Å². The van der Waals surface area contributed by atoms with E-state index in [1.54, 1.807) is 6.07 Å². The number of nitrogens with one attached hydrogen (secondary N) is 1. The Morgan fingerprint density at radius 3 is 2.87 bits per heavy atom. The lowest BCUT2D eigenvalue weighted by atomic mass is 10.2. The fourth-order valence-electron chi connectivity index (χ4n) is 1.64. The van der Waals surface area contributed by atoms with Crippen molar-refractivity contribution in [3.8, 4) is 11.8 Å². The van der Waals surface area contributed by atoms with Crippen molar-refractivity contribution < 1.29 is 9.53 Å². The summed E-state index contributed by atoms with van der Waals surface area (Å²) in [4.78, 5) is 11.5. The Balaban J connectivity index is 1.70. The van der Waals surface area contributed by atoms with Gasteiger partial charge in [-0.15, -0.1) is 10.2 Å². The minimum absolute atomic E-state index is 0.220. The Morgan fingerprint density at radius 1 is 1.30 bits per heavy atom. The Morgan fingerprint density at radius 2 is 2.09 bits per heavy atom. The maximum Gasteiger partial charge on any atom is 0.407 e. The number of carbonyl (C=O) groups excluding carboxylic acids is 1. The van der Waals surface area contributed by atoms with E-state index in [0.717, 1.165) is 5.56 Å². The molecule has 0 atom stereocenters. The molecule has 1 amide bonds. The van der Waals surface area contributed by atoms with Gasteiger partial charge >= 0.3 is 6.09 Å². The van der Waals surface area contributed by atoms with Crippen molar-refractivity contribution in [2.45, 2.75) is 13.0 Å². The molecule has 2 aromatic rings. The maximum absolute atomic E-state index is 11.5. The smallest absolute Gasteiger partial charge is 0.407 e. The van der Waals surface area contributed by atoms with E-state index in [2.05, 4.69) is 27.4 Å². The number of amides is 1. The molecule has 0 fully saturated rings. The average molecular weight is 331 g/mol. The minimum Gasteiger partial charge on any atom is -0.445 e. The van der Waals surface area contributed by atoms with Crippen LogP contribution in [0.4, 0.5) is 10.6 Å². The number of rotatable bonds is 4. The second-order valence-electron chi connectivity index (χ2n) is 4.51. The topological polar surface area (TPSA) is 90.1 Å². The molecular formula is C16H15ClN4O2. The Kier molecular flexibility index (Phi) is 6.21. The predicted molar refractivity (Wildman–Crippen MR) is 87.6 cm³/mol. The maximum atomic E-state index is 11.5. The van der Waals surface area contributed by atoms with Crippen LogP contribution in [0.25, 0.3) is 0 Å². The highest BCUT2D eigenvalue weighted by atomic mass is 35.5. The molecule has 0 aliphatic carbocycles. The molecule has 7 heteroatoms. The summed E-state index contributed by atoms with van der Waals surface area (Å²) < 4.78 is 5.07. The predicted octanol–water partition coefficient (Wildman–Crippen LogP) is 2.38. The van der Waals surface area contributed by atoms with Gasteiger partial charge in [0.25, 0.3) is 0 Å². The third-order valence-electron chi connectivity index (χ3n) is 2.75. The summed E-state index contributed by atoms with van der Waals surface area (Å²) in [5, 5.41) is 10.1. The van der Waals surface area contributed by atoms with Gasteiger partial charge in [-0.25, -0.2) is 4.79 Å². The van der Waals surface area contributed by atoms with Gasteiger partial charge in [0.1, 0.15) is 6.61 Å². The number of nitrogen functional groups attached to an aromatic ring is 1. The second-order valence-corrected chi connectivity index (χ2v) is 4.89. The van der Waals surface area contributed by atoms with Crippen LogP contribution in [-0.2, 0) is 11.3 Å². The highest BCUT2D eigenvalue weighted by Crippen LogP contribution is 2.10. The first kappa shape index (κ1) is 16.6. The number of carbonyl (C=O) groups is 1. The molecule has 0 saturated carbocycles. The molecule has 1 aromatic carbocycles. The fourth-order valence-corrected chi connectivity index (χ4v) is 1.78. The van der Waals surface area contributed by atoms with Gasteiger partial charge in [-0.2, -0.15) is 0 Å². The number of nitrogens with two attached hydrogens (primary N) is 1. The van der Waals surface area contributed by atoms with Crippen LogP contribution >= 0.6 is 11.6 Å². The number of benzene rings is 1. The van der Waals surface area contributed by atoms with Gasteiger partial charge < -0.3 is 15.8 Å². The number of halogens is 1. The van der Waals surface area contributed by atoms with E-state index in [1.807, 2.05) is 30.3 Å². The summed E-state index contributed by atoms with van der Waals surface area (Å²) >= 11 is 5.71. The molecule has 23 heavy (non-hydrogen) atoms. The number of nitrogens with zero attached hydrogens (tertiary/aromatic N) is 2. The molecule has 2 rings (SSSR count). The molecule has 0 saturated heterocycles. The molecule has 0 aliphatic rings. The van der Waals surface area contributed by atoms with E-state index in [1.165, 1.54) is 0 Å². The lowest BCUT2D eigenvalue weighted by Crippen LogP contribution is -2.24.